The van der Waals surface area contributed by atoms with Crippen molar-refractivity contribution in [3.63, 3.8) is 0 Å². The molecule has 0 radical (unpaired) electrons. The van der Waals surface area contributed by atoms with E-state index in [1.54, 1.807) is 27.7 Å². The molecule has 0 saturated carbocycles. The lowest BCUT2D eigenvalue weighted by Crippen LogP contribution is -2.59. The summed E-state index contributed by atoms with van der Waals surface area (Å²) in [5.41, 5.74) is 21.6. The first-order valence-electron chi connectivity index (χ1n) is 11.4. The molecule has 14 nitrogen and oxygen atoms in total. The van der Waals surface area contributed by atoms with E-state index in [0.29, 0.717) is 12.8 Å². The zero-order valence-electron chi connectivity index (χ0n) is 20.7. The van der Waals surface area contributed by atoms with Crippen molar-refractivity contribution < 1.29 is 29.1 Å². The molecule has 4 amide bonds. The largest absolute Gasteiger partial charge is 0.480 e. The van der Waals surface area contributed by atoms with Gasteiger partial charge in [0.25, 0.3) is 0 Å². The van der Waals surface area contributed by atoms with E-state index >= 15 is 0 Å². The summed E-state index contributed by atoms with van der Waals surface area (Å²) >= 11 is 0. The van der Waals surface area contributed by atoms with Crippen molar-refractivity contribution in [2.75, 3.05) is 6.54 Å². The summed E-state index contributed by atoms with van der Waals surface area (Å²) in [6, 6.07) is -4.68. The molecular formula is C21H40N8O6. The number of nitrogens with two attached hydrogens (primary N) is 4. The molecule has 0 bridgehead atoms. The Bertz CT molecular complexity index is 784. The fourth-order valence-corrected chi connectivity index (χ4v) is 3.05. The van der Waals surface area contributed by atoms with Gasteiger partial charge in [-0.05, 0) is 24.7 Å². The molecule has 35 heavy (non-hydrogen) atoms. The maximum atomic E-state index is 13.0. The van der Waals surface area contributed by atoms with Gasteiger partial charge in [-0.2, -0.15) is 0 Å². The number of guanidine groups is 1. The number of aliphatic carboxylic acids is 1. The van der Waals surface area contributed by atoms with Gasteiger partial charge in [0.15, 0.2) is 5.96 Å². The number of carboxylic acid groups (broad SMARTS) is 1. The molecule has 5 atom stereocenters. The molecule has 0 saturated heterocycles. The van der Waals surface area contributed by atoms with Gasteiger partial charge in [0, 0.05) is 6.54 Å². The molecule has 0 aliphatic heterocycles. The van der Waals surface area contributed by atoms with Gasteiger partial charge in [0.1, 0.15) is 18.1 Å². The highest BCUT2D eigenvalue weighted by Crippen LogP contribution is 2.10. The van der Waals surface area contributed by atoms with Gasteiger partial charge < -0.3 is 44.0 Å². The third kappa shape index (κ3) is 12.0. The molecule has 0 aromatic rings. The first-order chi connectivity index (χ1) is 16.2. The Balaban J connectivity index is 5.46. The average Bonchev–Trinajstić information content (AvgIpc) is 2.75. The van der Waals surface area contributed by atoms with E-state index in [0.717, 1.165) is 0 Å². The molecule has 0 heterocycles. The van der Waals surface area contributed by atoms with E-state index in [4.69, 9.17) is 22.9 Å². The minimum absolute atomic E-state index is 0.0749. The van der Waals surface area contributed by atoms with Crippen LogP contribution in [0.25, 0.3) is 0 Å². The van der Waals surface area contributed by atoms with E-state index < -0.39 is 66.1 Å². The van der Waals surface area contributed by atoms with Gasteiger partial charge in [0.05, 0.1) is 12.5 Å². The van der Waals surface area contributed by atoms with Crippen LogP contribution in [0.15, 0.2) is 4.99 Å². The second-order valence-corrected chi connectivity index (χ2v) is 8.73. The van der Waals surface area contributed by atoms with Crippen molar-refractivity contribution in [3.8, 4) is 0 Å². The first-order valence-corrected chi connectivity index (χ1v) is 11.4. The Labute approximate surface area is 205 Å². The lowest BCUT2D eigenvalue weighted by atomic mass is 9.97. The summed E-state index contributed by atoms with van der Waals surface area (Å²) in [4.78, 5) is 65.0. The maximum absolute atomic E-state index is 13.0. The summed E-state index contributed by atoms with van der Waals surface area (Å²) in [6.45, 7) is 7.00. The van der Waals surface area contributed by atoms with Crippen LogP contribution in [0.4, 0.5) is 0 Å². The second kappa shape index (κ2) is 15.5. The molecule has 0 fully saturated rings. The van der Waals surface area contributed by atoms with Gasteiger partial charge in [0.2, 0.25) is 23.6 Å². The highest BCUT2D eigenvalue weighted by atomic mass is 16.4. The number of hydrogen-bond acceptors (Lipinski definition) is 7. The Morgan fingerprint density at radius 2 is 1.46 bits per heavy atom. The topological polar surface area (TPSA) is 258 Å². The number of carboxylic acids is 1. The molecule has 12 N–H and O–H groups in total. The van der Waals surface area contributed by atoms with Crippen molar-refractivity contribution >= 4 is 35.6 Å². The Morgan fingerprint density at radius 3 is 1.91 bits per heavy atom. The Morgan fingerprint density at radius 1 is 0.886 bits per heavy atom. The van der Waals surface area contributed by atoms with E-state index in [1.807, 2.05) is 0 Å². The number of carbonyl (C=O) groups excluding carboxylic acids is 4. The predicted octanol–water partition coefficient (Wildman–Crippen LogP) is -2.52. The monoisotopic (exact) mass is 500 g/mol. The zero-order chi connectivity index (χ0) is 27.3. The lowest BCUT2D eigenvalue weighted by molar-refractivity contribution is -0.143. The van der Waals surface area contributed by atoms with Crippen LogP contribution >= 0.6 is 0 Å². The van der Waals surface area contributed by atoms with Crippen LogP contribution in [0.3, 0.4) is 0 Å². The molecule has 5 unspecified atom stereocenters. The molecule has 0 spiro atoms. The van der Waals surface area contributed by atoms with E-state index in [-0.39, 0.29) is 24.8 Å². The summed E-state index contributed by atoms with van der Waals surface area (Å²) in [6.07, 6.45) is 0.636. The first kappa shape index (κ1) is 31.6. The van der Waals surface area contributed by atoms with Gasteiger partial charge >= 0.3 is 5.97 Å². The Kier molecular flexibility index (Phi) is 14.0. The molecule has 200 valence electrons. The van der Waals surface area contributed by atoms with Crippen molar-refractivity contribution in [1.29, 1.82) is 0 Å². The number of nitrogens with one attached hydrogen (secondary N) is 3. The van der Waals surface area contributed by atoms with Gasteiger partial charge in [-0.25, -0.2) is 4.79 Å². The Hall–Kier alpha value is -3.42. The summed E-state index contributed by atoms with van der Waals surface area (Å²) in [5, 5.41) is 16.6. The smallest absolute Gasteiger partial charge is 0.326 e. The van der Waals surface area contributed by atoms with Crippen LogP contribution < -0.4 is 38.9 Å². The molecular weight excluding hydrogens is 460 g/mol. The van der Waals surface area contributed by atoms with Crippen LogP contribution in [0.5, 0.6) is 0 Å². The van der Waals surface area contributed by atoms with Crippen LogP contribution in [-0.2, 0) is 24.0 Å². The minimum Gasteiger partial charge on any atom is -0.480 e. The van der Waals surface area contributed by atoms with E-state index in [9.17, 15) is 29.1 Å². The fourth-order valence-electron chi connectivity index (χ4n) is 3.05. The molecule has 0 rings (SSSR count). The number of rotatable bonds is 16. The van der Waals surface area contributed by atoms with Crippen LogP contribution in [0, 0.1) is 11.8 Å². The highest BCUT2D eigenvalue weighted by Gasteiger charge is 2.33. The van der Waals surface area contributed by atoms with Gasteiger partial charge in [-0.15, -0.1) is 0 Å². The fraction of sp³-hybridized carbons (Fsp3) is 0.714. The van der Waals surface area contributed by atoms with E-state index in [2.05, 4.69) is 20.9 Å². The number of aliphatic imine (C=N–C) groups is 1. The zero-order valence-corrected chi connectivity index (χ0v) is 20.7. The third-order valence-electron chi connectivity index (χ3n) is 5.37. The molecule has 14 heteroatoms. The lowest BCUT2D eigenvalue weighted by Gasteiger charge is -2.28. The highest BCUT2D eigenvalue weighted by molar-refractivity contribution is 5.96. The van der Waals surface area contributed by atoms with Crippen molar-refractivity contribution in [3.05, 3.63) is 0 Å². The van der Waals surface area contributed by atoms with Gasteiger partial charge in [-0.3, -0.25) is 24.2 Å². The molecule has 0 aromatic carbocycles. The van der Waals surface area contributed by atoms with Crippen LogP contribution in [0.1, 0.15) is 53.4 Å². The SMILES string of the molecule is CCC(C)C(NC(=O)C(N)CCCN=C(N)N)C(=O)NC(CC(N)=O)C(=O)NC(C(=O)O)C(C)C. The standard InChI is InChI=1S/C21H40N8O6/c1-5-11(4)16(29-17(31)12(22)7-6-8-26-21(24)25)19(33)27-13(9-14(23)30)18(32)28-15(10(2)3)20(34)35/h10-13,15-16H,5-9,22H2,1-4H3,(H2,23,30)(H,27,33)(H,28,32)(H,29,31)(H,34,35)(H4,24,25,26). The molecule has 0 aliphatic rings. The van der Waals surface area contributed by atoms with Crippen LogP contribution in [0.2, 0.25) is 0 Å². The maximum Gasteiger partial charge on any atom is 0.326 e. The normalized spacial score (nSPS) is 15.1. The average molecular weight is 501 g/mol. The molecule has 0 aliphatic carbocycles. The van der Waals surface area contributed by atoms with E-state index in [1.165, 1.54) is 0 Å². The number of amides is 4. The number of hydrogen-bond donors (Lipinski definition) is 8. The van der Waals surface area contributed by atoms with Crippen molar-refractivity contribution in [1.82, 2.24) is 16.0 Å². The quantitative estimate of drug-likeness (QED) is 0.0631. The second-order valence-electron chi connectivity index (χ2n) is 8.73. The van der Waals surface area contributed by atoms with Gasteiger partial charge in [-0.1, -0.05) is 34.1 Å². The van der Waals surface area contributed by atoms with Crippen molar-refractivity contribution in [2.24, 2.45) is 39.8 Å². The summed E-state index contributed by atoms with van der Waals surface area (Å²) in [5.74, 6) is -5.24. The number of primary amides is 1. The molecule has 0 aromatic heterocycles. The minimum atomic E-state index is -1.43. The number of carbonyl (C=O) groups is 5. The summed E-state index contributed by atoms with van der Waals surface area (Å²) < 4.78 is 0. The third-order valence-corrected chi connectivity index (χ3v) is 5.37. The van der Waals surface area contributed by atoms with Crippen molar-refractivity contribution in [2.45, 2.75) is 77.5 Å². The predicted molar refractivity (Wildman–Crippen MR) is 129 cm³/mol. The van der Waals surface area contributed by atoms with Crippen LogP contribution in [-0.4, -0.2) is 71.4 Å². The number of nitrogens with zero attached hydrogens (tertiary/aromatic N) is 1. The summed E-state index contributed by atoms with van der Waals surface area (Å²) in [7, 11) is 0.